The van der Waals surface area contributed by atoms with Crippen molar-refractivity contribution < 1.29 is 4.74 Å². The Balaban J connectivity index is 2.96. The number of methoxy groups -OCH3 is 1. The molecule has 1 aromatic rings. The maximum Gasteiger partial charge on any atom is 0.123 e. The smallest absolute Gasteiger partial charge is 0.123 e. The fraction of sp³-hybridized carbons (Fsp3) is 0.600. The van der Waals surface area contributed by atoms with Crippen LogP contribution in [0.5, 0.6) is 5.75 Å². The lowest BCUT2D eigenvalue weighted by Crippen LogP contribution is -2.12. The molecule has 2 nitrogen and oxygen atoms in total. The number of nitrogens with two attached hydrogens (primary N) is 1. The molecule has 0 radical (unpaired) electrons. The Morgan fingerprint density at radius 2 is 2.00 bits per heavy atom. The highest BCUT2D eigenvalue weighted by Gasteiger charge is 2.13. The van der Waals surface area contributed by atoms with Crippen LogP contribution < -0.4 is 10.5 Å². The van der Waals surface area contributed by atoms with Crippen LogP contribution in [0, 0.1) is 0 Å². The van der Waals surface area contributed by atoms with E-state index in [2.05, 4.69) is 32.9 Å². The van der Waals surface area contributed by atoms with Crippen molar-refractivity contribution in [1.29, 1.82) is 0 Å². The van der Waals surface area contributed by atoms with Gasteiger partial charge >= 0.3 is 0 Å². The number of rotatable bonds is 6. The fourth-order valence-electron chi connectivity index (χ4n) is 1.98. The maximum absolute atomic E-state index is 6.25. The summed E-state index contributed by atoms with van der Waals surface area (Å²) in [5, 5.41) is 0. The van der Waals surface area contributed by atoms with Crippen LogP contribution in [-0.2, 0) is 0 Å². The molecule has 2 N–H and O–H groups in total. The van der Waals surface area contributed by atoms with Gasteiger partial charge in [0.25, 0.3) is 0 Å². The zero-order chi connectivity index (χ0) is 12.8. The van der Waals surface area contributed by atoms with Crippen molar-refractivity contribution in [1.82, 2.24) is 0 Å². The molecule has 0 saturated carbocycles. The van der Waals surface area contributed by atoms with E-state index >= 15 is 0 Å². The van der Waals surface area contributed by atoms with E-state index in [-0.39, 0.29) is 6.04 Å². The minimum absolute atomic E-state index is 0.0867. The standard InChI is InChI=1S/C15H25NO/c1-5-6-7-14(16)13-10-12(11(2)3)8-9-15(13)17-4/h8-11,14H,5-7,16H2,1-4H3. The molecule has 2 heteroatoms. The normalized spacial score (nSPS) is 12.8. The van der Waals surface area contributed by atoms with Crippen molar-refractivity contribution in [3.8, 4) is 5.75 Å². The summed E-state index contributed by atoms with van der Waals surface area (Å²) in [6.45, 7) is 6.58. The molecule has 0 aromatic heterocycles. The molecule has 96 valence electrons. The zero-order valence-electron chi connectivity index (χ0n) is 11.5. The third-order valence-corrected chi connectivity index (χ3v) is 3.19. The first-order valence-corrected chi connectivity index (χ1v) is 6.53. The van der Waals surface area contributed by atoms with Gasteiger partial charge in [-0.1, -0.05) is 45.7 Å². The van der Waals surface area contributed by atoms with Crippen LogP contribution in [0.25, 0.3) is 0 Å². The van der Waals surface area contributed by atoms with Gasteiger partial charge in [-0.3, -0.25) is 0 Å². The summed E-state index contributed by atoms with van der Waals surface area (Å²) in [4.78, 5) is 0. The van der Waals surface area contributed by atoms with E-state index in [0.29, 0.717) is 5.92 Å². The summed E-state index contributed by atoms with van der Waals surface area (Å²) >= 11 is 0. The highest BCUT2D eigenvalue weighted by atomic mass is 16.5. The fourth-order valence-corrected chi connectivity index (χ4v) is 1.98. The molecule has 0 spiro atoms. The summed E-state index contributed by atoms with van der Waals surface area (Å²) < 4.78 is 5.40. The van der Waals surface area contributed by atoms with E-state index in [1.807, 2.05) is 6.07 Å². The first-order chi connectivity index (χ1) is 8.10. The first kappa shape index (κ1) is 14.0. The van der Waals surface area contributed by atoms with Crippen LogP contribution in [-0.4, -0.2) is 7.11 Å². The van der Waals surface area contributed by atoms with Crippen LogP contribution in [0.3, 0.4) is 0 Å². The molecule has 0 heterocycles. The lowest BCUT2D eigenvalue weighted by molar-refractivity contribution is 0.403. The van der Waals surface area contributed by atoms with Gasteiger partial charge < -0.3 is 10.5 Å². The highest BCUT2D eigenvalue weighted by molar-refractivity contribution is 5.40. The average molecular weight is 235 g/mol. The summed E-state index contributed by atoms with van der Waals surface area (Å²) in [5.41, 5.74) is 8.72. The quantitative estimate of drug-likeness (QED) is 0.808. The lowest BCUT2D eigenvalue weighted by atomic mass is 9.95. The summed E-state index contributed by atoms with van der Waals surface area (Å²) in [7, 11) is 1.71. The molecule has 0 saturated heterocycles. The molecule has 1 unspecified atom stereocenters. The second kappa shape index (κ2) is 6.65. The number of ether oxygens (including phenoxy) is 1. The Morgan fingerprint density at radius 1 is 1.29 bits per heavy atom. The average Bonchev–Trinajstić information content (AvgIpc) is 2.34. The van der Waals surface area contributed by atoms with Crippen molar-refractivity contribution in [2.45, 2.75) is 52.0 Å². The van der Waals surface area contributed by atoms with E-state index in [0.717, 1.165) is 24.2 Å². The molecule has 0 amide bonds. The van der Waals surface area contributed by atoms with Gasteiger partial charge in [0.2, 0.25) is 0 Å². The van der Waals surface area contributed by atoms with Crippen LogP contribution in [0.15, 0.2) is 18.2 Å². The van der Waals surface area contributed by atoms with Crippen LogP contribution >= 0.6 is 0 Å². The number of benzene rings is 1. The van der Waals surface area contributed by atoms with Crippen molar-refractivity contribution in [2.75, 3.05) is 7.11 Å². The van der Waals surface area contributed by atoms with Crippen LogP contribution in [0.2, 0.25) is 0 Å². The van der Waals surface area contributed by atoms with Crippen LogP contribution in [0.1, 0.15) is 63.1 Å². The molecular weight excluding hydrogens is 210 g/mol. The molecule has 1 aromatic carbocycles. The Bertz CT molecular complexity index is 347. The minimum atomic E-state index is 0.0867. The summed E-state index contributed by atoms with van der Waals surface area (Å²) in [5.74, 6) is 1.44. The van der Waals surface area contributed by atoms with E-state index in [1.165, 1.54) is 12.0 Å². The monoisotopic (exact) mass is 235 g/mol. The van der Waals surface area contributed by atoms with Crippen molar-refractivity contribution in [3.05, 3.63) is 29.3 Å². The number of hydrogen-bond acceptors (Lipinski definition) is 2. The maximum atomic E-state index is 6.25. The molecule has 0 aliphatic carbocycles. The molecule has 17 heavy (non-hydrogen) atoms. The Kier molecular flexibility index (Phi) is 5.49. The molecule has 0 aliphatic rings. The van der Waals surface area contributed by atoms with Gasteiger partial charge in [0.05, 0.1) is 7.11 Å². The van der Waals surface area contributed by atoms with Crippen molar-refractivity contribution >= 4 is 0 Å². The molecule has 1 rings (SSSR count). The van der Waals surface area contributed by atoms with E-state index < -0.39 is 0 Å². The van der Waals surface area contributed by atoms with Gasteiger partial charge in [0.1, 0.15) is 5.75 Å². The third kappa shape index (κ3) is 3.74. The Morgan fingerprint density at radius 3 is 2.53 bits per heavy atom. The van der Waals surface area contributed by atoms with E-state index in [1.54, 1.807) is 7.11 Å². The first-order valence-electron chi connectivity index (χ1n) is 6.53. The molecule has 0 fully saturated rings. The summed E-state index contributed by atoms with van der Waals surface area (Å²) in [6, 6.07) is 6.45. The predicted molar refractivity (Wildman–Crippen MR) is 73.5 cm³/mol. The topological polar surface area (TPSA) is 35.2 Å². The third-order valence-electron chi connectivity index (χ3n) is 3.19. The van der Waals surface area contributed by atoms with Crippen LogP contribution in [0.4, 0.5) is 0 Å². The lowest BCUT2D eigenvalue weighted by Gasteiger charge is -2.18. The van der Waals surface area contributed by atoms with Gasteiger partial charge in [0.15, 0.2) is 0 Å². The Hall–Kier alpha value is -1.02. The van der Waals surface area contributed by atoms with Gasteiger partial charge in [-0.25, -0.2) is 0 Å². The van der Waals surface area contributed by atoms with E-state index in [9.17, 15) is 0 Å². The van der Waals surface area contributed by atoms with Gasteiger partial charge in [0, 0.05) is 11.6 Å². The molecule has 0 bridgehead atoms. The predicted octanol–water partition coefficient (Wildman–Crippen LogP) is 4.01. The van der Waals surface area contributed by atoms with Gasteiger partial charge in [-0.2, -0.15) is 0 Å². The SMILES string of the molecule is CCCCC(N)c1cc(C(C)C)ccc1OC. The second-order valence-electron chi connectivity index (χ2n) is 4.90. The largest absolute Gasteiger partial charge is 0.496 e. The van der Waals surface area contributed by atoms with Crippen molar-refractivity contribution in [2.24, 2.45) is 5.73 Å². The summed E-state index contributed by atoms with van der Waals surface area (Å²) in [6.07, 6.45) is 3.37. The van der Waals surface area contributed by atoms with Gasteiger partial charge in [-0.05, 0) is 24.0 Å². The zero-order valence-corrected chi connectivity index (χ0v) is 11.5. The minimum Gasteiger partial charge on any atom is -0.496 e. The second-order valence-corrected chi connectivity index (χ2v) is 4.90. The molecule has 1 atom stereocenters. The number of unbranched alkanes of at least 4 members (excludes halogenated alkanes) is 1. The van der Waals surface area contributed by atoms with Gasteiger partial charge in [-0.15, -0.1) is 0 Å². The number of hydrogen-bond donors (Lipinski definition) is 1. The Labute approximate surface area is 105 Å². The van der Waals surface area contributed by atoms with E-state index in [4.69, 9.17) is 10.5 Å². The molecular formula is C15H25NO. The van der Waals surface area contributed by atoms with Crippen molar-refractivity contribution in [3.63, 3.8) is 0 Å². The highest BCUT2D eigenvalue weighted by Crippen LogP contribution is 2.30. The molecule has 0 aliphatic heterocycles.